The molecule has 0 radical (unpaired) electrons. The number of imide groups is 1. The number of carbonyl (C=O) groups excluding carboxylic acids is 3. The molecule has 126 valence electrons. The van der Waals surface area contributed by atoms with E-state index in [0.29, 0.717) is 5.56 Å². The van der Waals surface area contributed by atoms with Gasteiger partial charge in [-0.25, -0.2) is 0 Å². The van der Waals surface area contributed by atoms with Gasteiger partial charge < -0.3 is 9.90 Å². The number of aliphatic carboxylic acids is 1. The van der Waals surface area contributed by atoms with Gasteiger partial charge in [0.15, 0.2) is 0 Å². The normalized spacial score (nSPS) is 13.8. The number of carbonyl (C=O) groups is 3. The quantitative estimate of drug-likeness (QED) is 0.265. The topological polar surface area (TPSA) is 121 Å². The second-order valence-corrected chi connectivity index (χ2v) is 5.44. The number of nitrogens with zero attached hydrogens (tertiary/aromatic N) is 2. The Morgan fingerprint density at radius 3 is 2.27 bits per heavy atom. The number of rotatable bonds is 5. The third kappa shape index (κ3) is 3.39. The van der Waals surface area contributed by atoms with Gasteiger partial charge in [0.1, 0.15) is 5.56 Å². The van der Waals surface area contributed by atoms with E-state index in [1.807, 2.05) is 0 Å². The molecule has 9 heteroatoms. The summed E-state index contributed by atoms with van der Waals surface area (Å²) in [5.74, 6) is -3.10. The maximum absolute atomic E-state index is 12.7. The number of hydrogen-bond acceptors (Lipinski definition) is 6. The zero-order valence-electron chi connectivity index (χ0n) is 13.7. The molecule has 26 heavy (non-hydrogen) atoms. The Kier molecular flexibility index (Phi) is 5.91. The maximum Gasteiger partial charge on any atom is 1.00 e. The molecule has 2 amide bonds. The first kappa shape index (κ1) is 19.8. The van der Waals surface area contributed by atoms with Crippen LogP contribution in [0.15, 0.2) is 48.5 Å². The molecule has 2 aromatic rings. The summed E-state index contributed by atoms with van der Waals surface area (Å²) < 4.78 is 0. The third-order valence-corrected chi connectivity index (χ3v) is 3.98. The molecule has 1 aliphatic rings. The summed E-state index contributed by atoms with van der Waals surface area (Å²) in [6.45, 7) is 0. The number of fused-ring (bicyclic) bond motifs is 1. The Balaban J connectivity index is 0.00000243. The fraction of sp³-hybridized carbons (Fsp3) is 0.118. The Morgan fingerprint density at radius 2 is 1.69 bits per heavy atom. The van der Waals surface area contributed by atoms with Gasteiger partial charge in [0.2, 0.25) is 0 Å². The van der Waals surface area contributed by atoms with E-state index in [1.54, 1.807) is 30.3 Å². The van der Waals surface area contributed by atoms with Crippen molar-refractivity contribution in [3.8, 4) is 0 Å². The first-order valence-electron chi connectivity index (χ1n) is 7.32. The van der Waals surface area contributed by atoms with Gasteiger partial charge in [-0.15, -0.1) is 0 Å². The molecule has 1 atom stereocenters. The summed E-state index contributed by atoms with van der Waals surface area (Å²) in [4.78, 5) is 47.7. The Morgan fingerprint density at radius 1 is 1.04 bits per heavy atom. The molecular formula is C17H11N2NaO6. The zero-order valence-corrected chi connectivity index (χ0v) is 15.7. The molecule has 1 heterocycles. The summed E-state index contributed by atoms with van der Waals surface area (Å²) in [6.07, 6.45) is -0.608. The van der Waals surface area contributed by atoms with Crippen molar-refractivity contribution in [1.82, 2.24) is 4.90 Å². The summed E-state index contributed by atoms with van der Waals surface area (Å²) in [5, 5.41) is 22.3. The monoisotopic (exact) mass is 362 g/mol. The molecular weight excluding hydrogens is 351 g/mol. The Labute approximate surface area is 169 Å². The van der Waals surface area contributed by atoms with Crippen LogP contribution in [-0.4, -0.2) is 27.6 Å². The smallest absolute Gasteiger partial charge is 0.550 e. The average Bonchev–Trinajstić information content (AvgIpc) is 2.84. The molecule has 0 saturated heterocycles. The van der Waals surface area contributed by atoms with Crippen LogP contribution in [0.2, 0.25) is 0 Å². The van der Waals surface area contributed by atoms with E-state index in [1.165, 1.54) is 12.1 Å². The van der Waals surface area contributed by atoms with Crippen molar-refractivity contribution in [1.29, 1.82) is 0 Å². The van der Waals surface area contributed by atoms with E-state index < -0.39 is 40.9 Å². The van der Waals surface area contributed by atoms with Gasteiger partial charge in [0.25, 0.3) is 17.5 Å². The SMILES string of the molecule is O=C([O-])CC(c1ccccc1)N1C(=O)c2cccc([N+](=O)[O-])c2C1=O.[Na+]. The van der Waals surface area contributed by atoms with Gasteiger partial charge in [-0.3, -0.25) is 24.6 Å². The minimum absolute atomic E-state index is 0. The molecule has 0 saturated carbocycles. The number of hydrogen-bond donors (Lipinski definition) is 0. The minimum Gasteiger partial charge on any atom is -0.550 e. The number of carboxylic acid groups (broad SMARTS) is 1. The van der Waals surface area contributed by atoms with Crippen LogP contribution in [0.5, 0.6) is 0 Å². The maximum atomic E-state index is 12.7. The summed E-state index contributed by atoms with van der Waals surface area (Å²) in [7, 11) is 0. The van der Waals surface area contributed by atoms with E-state index in [-0.39, 0.29) is 40.7 Å². The van der Waals surface area contributed by atoms with Crippen LogP contribution in [0.1, 0.15) is 38.7 Å². The van der Waals surface area contributed by atoms with E-state index in [4.69, 9.17) is 0 Å². The second kappa shape index (κ2) is 7.77. The molecule has 1 unspecified atom stereocenters. The third-order valence-electron chi connectivity index (χ3n) is 3.98. The van der Waals surface area contributed by atoms with Crippen LogP contribution in [0.25, 0.3) is 0 Å². The van der Waals surface area contributed by atoms with Crippen LogP contribution in [0.4, 0.5) is 5.69 Å². The predicted molar refractivity (Wildman–Crippen MR) is 82.4 cm³/mol. The van der Waals surface area contributed by atoms with E-state index >= 15 is 0 Å². The Bertz CT molecular complexity index is 899. The van der Waals surface area contributed by atoms with Crippen LogP contribution in [-0.2, 0) is 4.79 Å². The zero-order chi connectivity index (χ0) is 18.1. The van der Waals surface area contributed by atoms with Crippen molar-refractivity contribution in [3.05, 3.63) is 75.3 Å². The summed E-state index contributed by atoms with van der Waals surface area (Å²) in [6, 6.07) is 10.8. The van der Waals surface area contributed by atoms with Crippen molar-refractivity contribution in [2.24, 2.45) is 0 Å². The van der Waals surface area contributed by atoms with Gasteiger partial charge in [0.05, 0.1) is 16.5 Å². The van der Waals surface area contributed by atoms with Gasteiger partial charge in [-0.1, -0.05) is 36.4 Å². The van der Waals surface area contributed by atoms with Crippen molar-refractivity contribution < 1.29 is 54.0 Å². The minimum atomic E-state index is -1.44. The van der Waals surface area contributed by atoms with Crippen molar-refractivity contribution >= 4 is 23.5 Å². The first-order valence-corrected chi connectivity index (χ1v) is 7.32. The van der Waals surface area contributed by atoms with Gasteiger partial charge in [0, 0.05) is 18.5 Å². The number of benzene rings is 2. The van der Waals surface area contributed by atoms with Gasteiger partial charge >= 0.3 is 29.6 Å². The molecule has 0 aromatic heterocycles. The average molecular weight is 362 g/mol. The molecule has 0 aliphatic carbocycles. The second-order valence-electron chi connectivity index (χ2n) is 5.44. The first-order chi connectivity index (χ1) is 11.9. The number of carboxylic acids is 1. The number of nitro benzene ring substituents is 1. The van der Waals surface area contributed by atoms with Crippen molar-refractivity contribution in [2.45, 2.75) is 12.5 Å². The molecule has 2 aromatic carbocycles. The molecule has 0 N–H and O–H groups in total. The Hall–Kier alpha value is -2.55. The van der Waals surface area contributed by atoms with Crippen LogP contribution in [0.3, 0.4) is 0 Å². The van der Waals surface area contributed by atoms with Crippen LogP contribution >= 0.6 is 0 Å². The fourth-order valence-electron chi connectivity index (χ4n) is 2.91. The fourth-order valence-corrected chi connectivity index (χ4v) is 2.91. The van der Waals surface area contributed by atoms with Crippen LogP contribution in [0, 0.1) is 10.1 Å². The molecule has 3 rings (SSSR count). The van der Waals surface area contributed by atoms with E-state index in [2.05, 4.69) is 0 Å². The van der Waals surface area contributed by atoms with Crippen molar-refractivity contribution in [2.75, 3.05) is 0 Å². The standard InChI is InChI=1S/C17H12N2O6.Na/c20-14(21)9-13(10-5-2-1-3-6-10)18-16(22)11-7-4-8-12(19(24)25)15(11)17(18)23;/h1-8,13H,9H2,(H,20,21);/q;+1/p-1. The summed E-state index contributed by atoms with van der Waals surface area (Å²) in [5.41, 5.74) is -0.502. The molecule has 8 nitrogen and oxygen atoms in total. The molecule has 0 fully saturated rings. The van der Waals surface area contributed by atoms with E-state index in [9.17, 15) is 29.6 Å². The number of amides is 2. The largest absolute Gasteiger partial charge is 1.00 e. The number of nitro groups is 1. The molecule has 1 aliphatic heterocycles. The molecule has 0 bridgehead atoms. The predicted octanol–water partition coefficient (Wildman–Crippen LogP) is -1.92. The summed E-state index contributed by atoms with van der Waals surface area (Å²) >= 11 is 0. The molecule has 0 spiro atoms. The van der Waals surface area contributed by atoms with Gasteiger partial charge in [-0.05, 0) is 11.6 Å². The van der Waals surface area contributed by atoms with Crippen LogP contribution < -0.4 is 34.7 Å². The van der Waals surface area contributed by atoms with Crippen molar-refractivity contribution in [3.63, 3.8) is 0 Å². The van der Waals surface area contributed by atoms with Gasteiger partial charge in [-0.2, -0.15) is 0 Å². The van der Waals surface area contributed by atoms with E-state index in [0.717, 1.165) is 11.0 Å².